The minimum absolute atomic E-state index is 0.849. The maximum absolute atomic E-state index is 5.51. The van der Waals surface area contributed by atoms with Crippen molar-refractivity contribution in [2.45, 2.75) is 51.1 Å². The lowest BCUT2D eigenvalue weighted by molar-refractivity contribution is 0.250. The lowest BCUT2D eigenvalue weighted by Gasteiger charge is -2.21. The van der Waals surface area contributed by atoms with Crippen LogP contribution >= 0.6 is 11.3 Å². The maximum atomic E-state index is 5.51. The molecule has 0 aliphatic heterocycles. The molecule has 1 heterocycles. The van der Waals surface area contributed by atoms with E-state index in [0.29, 0.717) is 0 Å². The van der Waals surface area contributed by atoms with E-state index in [9.17, 15) is 0 Å². The van der Waals surface area contributed by atoms with Gasteiger partial charge in [0.25, 0.3) is 0 Å². The van der Waals surface area contributed by atoms with Crippen LogP contribution in [-0.2, 0) is 6.54 Å². The Bertz CT molecular complexity index is 293. The average molecular weight is 252 g/mol. The standard InChI is InChI=1S/C14H24N2S/c15-9-3-1-2-4-10-16(13-7-8-13)12-14-6-5-11-17-14/h5-6,11,13H,1-4,7-10,12,15H2. The second-order valence-corrected chi connectivity index (χ2v) is 6.02. The fourth-order valence-corrected chi connectivity index (χ4v) is 2.98. The highest BCUT2D eigenvalue weighted by molar-refractivity contribution is 7.09. The second-order valence-electron chi connectivity index (χ2n) is 4.98. The van der Waals surface area contributed by atoms with Gasteiger partial charge >= 0.3 is 0 Å². The van der Waals surface area contributed by atoms with Crippen molar-refractivity contribution in [2.75, 3.05) is 13.1 Å². The third-order valence-corrected chi connectivity index (χ3v) is 4.26. The van der Waals surface area contributed by atoms with Crippen LogP contribution in [0.2, 0.25) is 0 Å². The first-order valence-electron chi connectivity index (χ1n) is 6.86. The number of hydrogen-bond acceptors (Lipinski definition) is 3. The molecule has 1 fully saturated rings. The van der Waals surface area contributed by atoms with E-state index in [0.717, 1.165) is 12.6 Å². The number of nitrogens with two attached hydrogens (primary N) is 1. The summed E-state index contributed by atoms with van der Waals surface area (Å²) in [5.74, 6) is 0. The van der Waals surface area contributed by atoms with Crippen molar-refractivity contribution in [3.05, 3.63) is 22.4 Å². The molecule has 1 aromatic rings. The van der Waals surface area contributed by atoms with Crippen molar-refractivity contribution >= 4 is 11.3 Å². The topological polar surface area (TPSA) is 29.3 Å². The lowest BCUT2D eigenvalue weighted by Crippen LogP contribution is -2.26. The van der Waals surface area contributed by atoms with Gasteiger partial charge in [0, 0.05) is 17.5 Å². The van der Waals surface area contributed by atoms with E-state index in [4.69, 9.17) is 5.73 Å². The van der Waals surface area contributed by atoms with Crippen LogP contribution in [0.3, 0.4) is 0 Å². The molecule has 0 saturated heterocycles. The normalized spacial score (nSPS) is 15.6. The van der Waals surface area contributed by atoms with E-state index in [1.807, 2.05) is 11.3 Å². The highest BCUT2D eigenvalue weighted by Gasteiger charge is 2.28. The molecule has 0 spiro atoms. The van der Waals surface area contributed by atoms with Crippen LogP contribution in [-0.4, -0.2) is 24.0 Å². The third-order valence-electron chi connectivity index (χ3n) is 3.40. The molecular weight excluding hydrogens is 228 g/mol. The van der Waals surface area contributed by atoms with Crippen molar-refractivity contribution in [2.24, 2.45) is 5.73 Å². The molecule has 1 aromatic heterocycles. The van der Waals surface area contributed by atoms with Gasteiger partial charge in [-0.05, 0) is 50.2 Å². The number of thiophene rings is 1. The zero-order valence-electron chi connectivity index (χ0n) is 10.6. The van der Waals surface area contributed by atoms with Crippen molar-refractivity contribution in [3.8, 4) is 0 Å². The molecule has 1 saturated carbocycles. The number of hydrogen-bond donors (Lipinski definition) is 1. The molecule has 1 aliphatic carbocycles. The summed E-state index contributed by atoms with van der Waals surface area (Å²) in [5, 5.41) is 2.18. The minimum Gasteiger partial charge on any atom is -0.330 e. The zero-order valence-corrected chi connectivity index (χ0v) is 11.4. The molecule has 0 unspecified atom stereocenters. The Kier molecular flexibility index (Phi) is 5.49. The molecule has 0 aromatic carbocycles. The van der Waals surface area contributed by atoms with Gasteiger partial charge in [-0.25, -0.2) is 0 Å². The number of nitrogens with zero attached hydrogens (tertiary/aromatic N) is 1. The van der Waals surface area contributed by atoms with Gasteiger partial charge in [0.15, 0.2) is 0 Å². The van der Waals surface area contributed by atoms with Gasteiger partial charge in [0.2, 0.25) is 0 Å². The molecule has 17 heavy (non-hydrogen) atoms. The zero-order chi connectivity index (χ0) is 11.9. The highest BCUT2D eigenvalue weighted by atomic mass is 32.1. The SMILES string of the molecule is NCCCCCCN(Cc1cccs1)C1CC1. The molecule has 3 heteroatoms. The molecule has 96 valence electrons. The Hall–Kier alpha value is -0.380. The van der Waals surface area contributed by atoms with E-state index in [-0.39, 0.29) is 0 Å². The lowest BCUT2D eigenvalue weighted by atomic mass is 10.2. The highest BCUT2D eigenvalue weighted by Crippen LogP contribution is 2.29. The smallest absolute Gasteiger partial charge is 0.0330 e. The Labute approximate surface area is 109 Å². The summed E-state index contributed by atoms with van der Waals surface area (Å²) in [6.45, 7) is 3.29. The Morgan fingerprint density at radius 1 is 1.24 bits per heavy atom. The Morgan fingerprint density at radius 2 is 2.06 bits per heavy atom. The van der Waals surface area contributed by atoms with Crippen molar-refractivity contribution < 1.29 is 0 Å². The van der Waals surface area contributed by atoms with Gasteiger partial charge in [-0.1, -0.05) is 18.9 Å². The summed E-state index contributed by atoms with van der Waals surface area (Å²) >= 11 is 1.89. The molecule has 0 atom stereocenters. The van der Waals surface area contributed by atoms with Crippen molar-refractivity contribution in [3.63, 3.8) is 0 Å². The number of unbranched alkanes of at least 4 members (excludes halogenated alkanes) is 3. The first kappa shape index (κ1) is 13.1. The van der Waals surface area contributed by atoms with Gasteiger partial charge in [-0.3, -0.25) is 4.90 Å². The Morgan fingerprint density at radius 3 is 2.71 bits per heavy atom. The molecule has 2 N–H and O–H groups in total. The molecule has 1 aliphatic rings. The summed E-state index contributed by atoms with van der Waals surface area (Å²) in [6, 6.07) is 5.30. The van der Waals surface area contributed by atoms with E-state index in [1.165, 1.54) is 56.5 Å². The third kappa shape index (κ3) is 4.78. The summed E-state index contributed by atoms with van der Waals surface area (Å²) in [5.41, 5.74) is 5.51. The van der Waals surface area contributed by atoms with Gasteiger partial charge in [0.05, 0.1) is 0 Å². The Balaban J connectivity index is 1.66. The van der Waals surface area contributed by atoms with E-state index < -0.39 is 0 Å². The van der Waals surface area contributed by atoms with E-state index in [2.05, 4.69) is 22.4 Å². The molecule has 0 amide bonds. The van der Waals surface area contributed by atoms with Gasteiger partial charge in [0.1, 0.15) is 0 Å². The fraction of sp³-hybridized carbons (Fsp3) is 0.714. The quantitative estimate of drug-likeness (QED) is 0.684. The predicted molar refractivity (Wildman–Crippen MR) is 75.3 cm³/mol. The van der Waals surface area contributed by atoms with Crippen LogP contribution < -0.4 is 5.73 Å². The van der Waals surface area contributed by atoms with Crippen LogP contribution in [0.1, 0.15) is 43.4 Å². The maximum Gasteiger partial charge on any atom is 0.0330 e. The summed E-state index contributed by atoms with van der Waals surface area (Å²) < 4.78 is 0. The molecule has 2 nitrogen and oxygen atoms in total. The van der Waals surface area contributed by atoms with Crippen molar-refractivity contribution in [1.29, 1.82) is 0 Å². The van der Waals surface area contributed by atoms with Gasteiger partial charge in [-0.2, -0.15) is 0 Å². The summed E-state index contributed by atoms with van der Waals surface area (Å²) in [6.07, 6.45) is 7.98. The predicted octanol–water partition coefficient (Wildman–Crippen LogP) is 3.23. The minimum atomic E-state index is 0.849. The monoisotopic (exact) mass is 252 g/mol. The van der Waals surface area contributed by atoms with Crippen LogP contribution in [0.4, 0.5) is 0 Å². The summed E-state index contributed by atoms with van der Waals surface area (Å²) in [7, 11) is 0. The van der Waals surface area contributed by atoms with Crippen LogP contribution in [0, 0.1) is 0 Å². The van der Waals surface area contributed by atoms with Gasteiger partial charge in [-0.15, -0.1) is 11.3 Å². The van der Waals surface area contributed by atoms with Gasteiger partial charge < -0.3 is 5.73 Å². The second kappa shape index (κ2) is 7.14. The largest absolute Gasteiger partial charge is 0.330 e. The van der Waals surface area contributed by atoms with Crippen molar-refractivity contribution in [1.82, 2.24) is 4.90 Å². The first-order chi connectivity index (χ1) is 8.40. The summed E-state index contributed by atoms with van der Waals surface area (Å²) in [4.78, 5) is 4.19. The fourth-order valence-electron chi connectivity index (χ4n) is 2.25. The van der Waals surface area contributed by atoms with E-state index in [1.54, 1.807) is 0 Å². The van der Waals surface area contributed by atoms with Crippen LogP contribution in [0.5, 0.6) is 0 Å². The molecule has 0 radical (unpaired) electrons. The molecule has 2 rings (SSSR count). The van der Waals surface area contributed by atoms with Crippen LogP contribution in [0.25, 0.3) is 0 Å². The number of rotatable bonds is 9. The average Bonchev–Trinajstić information content (AvgIpc) is 3.06. The molecule has 0 bridgehead atoms. The molecular formula is C14H24N2S. The first-order valence-corrected chi connectivity index (χ1v) is 7.74. The van der Waals surface area contributed by atoms with Crippen LogP contribution in [0.15, 0.2) is 17.5 Å². The van der Waals surface area contributed by atoms with E-state index >= 15 is 0 Å².